The lowest BCUT2D eigenvalue weighted by molar-refractivity contribution is -0.385. The molecule has 0 amide bonds. The molecule has 4 nitrogen and oxygen atoms in total. The van der Waals surface area contributed by atoms with E-state index in [1.165, 1.54) is 0 Å². The summed E-state index contributed by atoms with van der Waals surface area (Å²) in [5, 5.41) is 10.4. The van der Waals surface area contributed by atoms with E-state index >= 15 is 0 Å². The number of halogens is 3. The van der Waals surface area contributed by atoms with Crippen molar-refractivity contribution in [1.29, 1.82) is 0 Å². The van der Waals surface area contributed by atoms with Crippen LogP contribution in [0.2, 0.25) is 0 Å². The highest BCUT2D eigenvalue weighted by Gasteiger charge is 2.37. The van der Waals surface area contributed by atoms with Gasteiger partial charge in [0.25, 0.3) is 5.69 Å². The Bertz CT molecular complexity index is 455. The van der Waals surface area contributed by atoms with Gasteiger partial charge in [-0.05, 0) is 18.9 Å². The number of hydrogen-bond donors (Lipinski definition) is 0. The maximum Gasteiger partial charge on any atom is 0.420 e. The molecule has 1 aromatic rings. The fourth-order valence-electron chi connectivity index (χ4n) is 1.32. The number of ether oxygens (including phenoxy) is 1. The van der Waals surface area contributed by atoms with Gasteiger partial charge in [0, 0.05) is 12.1 Å². The molecule has 0 heterocycles. The van der Waals surface area contributed by atoms with Crippen molar-refractivity contribution in [2.24, 2.45) is 0 Å². The van der Waals surface area contributed by atoms with Gasteiger partial charge in [0.1, 0.15) is 11.3 Å². The lowest BCUT2D eigenvalue weighted by atomic mass is 10.1. The number of rotatable bonds is 3. The minimum absolute atomic E-state index is 0.197. The van der Waals surface area contributed by atoms with E-state index in [9.17, 15) is 23.3 Å². The summed E-state index contributed by atoms with van der Waals surface area (Å²) in [6.45, 7) is 0. The van der Waals surface area contributed by atoms with Crippen molar-refractivity contribution in [2.75, 3.05) is 0 Å². The van der Waals surface area contributed by atoms with Crippen LogP contribution < -0.4 is 4.74 Å². The molecule has 0 spiro atoms. The quantitative estimate of drug-likeness (QED) is 0.609. The largest absolute Gasteiger partial charge is 0.490 e. The van der Waals surface area contributed by atoms with Crippen molar-refractivity contribution < 1.29 is 22.8 Å². The number of nitro groups is 1. The van der Waals surface area contributed by atoms with Crippen molar-refractivity contribution in [3.63, 3.8) is 0 Å². The van der Waals surface area contributed by atoms with Gasteiger partial charge < -0.3 is 4.74 Å². The molecule has 17 heavy (non-hydrogen) atoms. The number of hydrogen-bond acceptors (Lipinski definition) is 3. The predicted octanol–water partition coefficient (Wildman–Crippen LogP) is 3.15. The van der Waals surface area contributed by atoms with Gasteiger partial charge in [-0.3, -0.25) is 10.1 Å². The second-order valence-corrected chi connectivity index (χ2v) is 3.75. The van der Waals surface area contributed by atoms with E-state index in [0.29, 0.717) is 18.9 Å². The molecule has 0 N–H and O–H groups in total. The summed E-state index contributed by atoms with van der Waals surface area (Å²) in [4.78, 5) is 9.56. The molecule has 1 fully saturated rings. The Hall–Kier alpha value is -1.79. The van der Waals surface area contributed by atoms with E-state index in [2.05, 4.69) is 0 Å². The van der Waals surface area contributed by atoms with Gasteiger partial charge in [0.2, 0.25) is 0 Å². The third kappa shape index (κ3) is 2.66. The van der Waals surface area contributed by atoms with Gasteiger partial charge in [0.05, 0.1) is 11.0 Å². The first-order chi connectivity index (χ1) is 7.88. The Morgan fingerprint density at radius 3 is 2.47 bits per heavy atom. The highest BCUT2D eigenvalue weighted by Crippen LogP contribution is 2.40. The van der Waals surface area contributed by atoms with Crippen molar-refractivity contribution in [3.8, 4) is 5.75 Å². The van der Waals surface area contributed by atoms with Crippen LogP contribution in [0.25, 0.3) is 0 Å². The summed E-state index contributed by atoms with van der Waals surface area (Å²) in [6, 6.07) is 2.50. The molecule has 0 radical (unpaired) electrons. The maximum atomic E-state index is 12.7. The van der Waals surface area contributed by atoms with Gasteiger partial charge in [0.15, 0.2) is 0 Å². The van der Waals surface area contributed by atoms with Crippen LogP contribution in [-0.4, -0.2) is 11.0 Å². The molecule has 1 saturated carbocycles. The van der Waals surface area contributed by atoms with Gasteiger partial charge in [-0.2, -0.15) is 13.2 Å². The van der Waals surface area contributed by atoms with Crippen LogP contribution in [0.15, 0.2) is 18.2 Å². The highest BCUT2D eigenvalue weighted by atomic mass is 19.4. The van der Waals surface area contributed by atoms with Crippen LogP contribution in [0.4, 0.5) is 18.9 Å². The minimum atomic E-state index is -4.66. The zero-order valence-electron chi connectivity index (χ0n) is 8.53. The molecule has 0 unspecified atom stereocenters. The molecule has 92 valence electrons. The lowest BCUT2D eigenvalue weighted by Crippen LogP contribution is -2.10. The van der Waals surface area contributed by atoms with E-state index in [0.717, 1.165) is 12.1 Å². The predicted molar refractivity (Wildman–Crippen MR) is 51.7 cm³/mol. The normalized spacial score (nSPS) is 15.7. The number of nitrogens with zero attached hydrogens (tertiary/aromatic N) is 1. The third-order valence-electron chi connectivity index (χ3n) is 2.30. The summed E-state index contributed by atoms with van der Waals surface area (Å²) in [6.07, 6.45) is -3.42. The van der Waals surface area contributed by atoms with Crippen LogP contribution in [-0.2, 0) is 6.18 Å². The number of nitro benzene ring substituents is 1. The molecule has 1 aliphatic rings. The average Bonchev–Trinajstić information content (AvgIpc) is 3.00. The molecule has 0 atom stereocenters. The number of benzene rings is 1. The Morgan fingerprint density at radius 1 is 1.35 bits per heavy atom. The smallest absolute Gasteiger partial charge is 0.420 e. The molecule has 2 rings (SSSR count). The van der Waals surface area contributed by atoms with Crippen LogP contribution in [0.1, 0.15) is 18.4 Å². The average molecular weight is 247 g/mol. The Labute approximate surface area is 94.1 Å². The first kappa shape index (κ1) is 11.7. The molecule has 1 aliphatic carbocycles. The summed E-state index contributed by atoms with van der Waals surface area (Å²) >= 11 is 0. The highest BCUT2D eigenvalue weighted by molar-refractivity contribution is 5.45. The van der Waals surface area contributed by atoms with Gasteiger partial charge in [-0.15, -0.1) is 0 Å². The van der Waals surface area contributed by atoms with Gasteiger partial charge >= 0.3 is 6.18 Å². The summed E-state index contributed by atoms with van der Waals surface area (Å²) in [7, 11) is 0. The van der Waals surface area contributed by atoms with Gasteiger partial charge in [-0.1, -0.05) is 0 Å². The maximum absolute atomic E-state index is 12.7. The van der Waals surface area contributed by atoms with Crippen molar-refractivity contribution >= 4 is 5.69 Å². The van der Waals surface area contributed by atoms with Crippen molar-refractivity contribution in [3.05, 3.63) is 33.9 Å². The zero-order valence-corrected chi connectivity index (χ0v) is 8.53. The van der Waals surface area contributed by atoms with E-state index in [4.69, 9.17) is 4.74 Å². The van der Waals surface area contributed by atoms with Gasteiger partial charge in [-0.25, -0.2) is 0 Å². The van der Waals surface area contributed by atoms with E-state index < -0.39 is 22.4 Å². The molecule has 0 saturated heterocycles. The first-order valence-corrected chi connectivity index (χ1v) is 4.90. The molecule has 0 aromatic heterocycles. The molecule has 1 aromatic carbocycles. The number of alkyl halides is 3. The Morgan fingerprint density at radius 2 is 2.00 bits per heavy atom. The fourth-order valence-corrected chi connectivity index (χ4v) is 1.32. The topological polar surface area (TPSA) is 52.4 Å². The summed E-state index contributed by atoms with van der Waals surface area (Å²) < 4.78 is 43.1. The molecular formula is C10H8F3NO3. The van der Waals surface area contributed by atoms with Crippen LogP contribution in [0.5, 0.6) is 5.75 Å². The van der Waals surface area contributed by atoms with E-state index in [1.807, 2.05) is 0 Å². The van der Waals surface area contributed by atoms with Crippen LogP contribution in [0, 0.1) is 10.1 Å². The zero-order chi connectivity index (χ0) is 12.6. The molecular weight excluding hydrogens is 239 g/mol. The third-order valence-corrected chi connectivity index (χ3v) is 2.30. The first-order valence-electron chi connectivity index (χ1n) is 4.90. The lowest BCUT2D eigenvalue weighted by Gasteiger charge is -2.13. The molecule has 0 bridgehead atoms. The SMILES string of the molecule is O=[N+]([O-])c1ccc(OC2CC2)c(C(F)(F)F)c1. The molecule has 7 heteroatoms. The molecule has 0 aliphatic heterocycles. The Balaban J connectivity index is 2.39. The van der Waals surface area contributed by atoms with Crippen molar-refractivity contribution in [2.45, 2.75) is 25.1 Å². The van der Waals surface area contributed by atoms with E-state index in [1.54, 1.807) is 0 Å². The Kier molecular flexibility index (Phi) is 2.68. The number of non-ortho nitro benzene ring substituents is 1. The second kappa shape index (κ2) is 3.90. The standard InChI is InChI=1S/C10H8F3NO3/c11-10(12,13)8-5-6(14(15)16)1-4-9(8)17-7-2-3-7/h1,4-5,7H,2-3H2. The second-order valence-electron chi connectivity index (χ2n) is 3.75. The van der Waals surface area contributed by atoms with E-state index in [-0.39, 0.29) is 11.9 Å². The monoisotopic (exact) mass is 247 g/mol. The minimum Gasteiger partial charge on any atom is -0.490 e. The summed E-state index contributed by atoms with van der Waals surface area (Å²) in [5.74, 6) is -0.342. The van der Waals surface area contributed by atoms with Crippen LogP contribution >= 0.6 is 0 Å². The van der Waals surface area contributed by atoms with Crippen LogP contribution in [0.3, 0.4) is 0 Å². The van der Waals surface area contributed by atoms with Crippen molar-refractivity contribution in [1.82, 2.24) is 0 Å². The summed E-state index contributed by atoms with van der Waals surface area (Å²) in [5.41, 5.74) is -1.70. The fraction of sp³-hybridized carbons (Fsp3) is 0.400.